The third-order valence-electron chi connectivity index (χ3n) is 2.14. The van der Waals surface area contributed by atoms with Gasteiger partial charge in [0.2, 0.25) is 0 Å². The summed E-state index contributed by atoms with van der Waals surface area (Å²) in [6, 6.07) is 3.95. The molecule has 0 fully saturated rings. The van der Waals surface area contributed by atoms with Crippen LogP contribution in [0.5, 0.6) is 5.75 Å². The second-order valence-electron chi connectivity index (χ2n) is 3.15. The Balaban J connectivity index is 3.02. The molecule has 1 aromatic carbocycles. The number of thiocyanates is 1. The summed E-state index contributed by atoms with van der Waals surface area (Å²) in [5.74, 6) is 0.877. The standard InChI is InChI=1S/C11H13NOS/c1-3-9-4-8(2)11(13)10(5-9)6-14-7-12/h4-5,13H,3,6H2,1-2H3. The highest BCUT2D eigenvalue weighted by Gasteiger charge is 2.06. The summed E-state index contributed by atoms with van der Waals surface area (Å²) in [5.41, 5.74) is 2.94. The highest BCUT2D eigenvalue weighted by atomic mass is 32.2. The molecule has 1 N–H and O–H groups in total. The number of benzene rings is 1. The van der Waals surface area contributed by atoms with Gasteiger partial charge in [-0.05, 0) is 36.2 Å². The smallest absolute Gasteiger partial charge is 0.133 e. The fourth-order valence-electron chi connectivity index (χ4n) is 1.36. The lowest BCUT2D eigenvalue weighted by Crippen LogP contribution is -1.89. The molecule has 0 spiro atoms. The van der Waals surface area contributed by atoms with Crippen LogP contribution in [0.25, 0.3) is 0 Å². The van der Waals surface area contributed by atoms with Gasteiger partial charge < -0.3 is 5.11 Å². The van der Waals surface area contributed by atoms with Crippen LogP contribution in [0, 0.1) is 17.6 Å². The first-order chi connectivity index (χ1) is 6.69. The minimum absolute atomic E-state index is 0.324. The summed E-state index contributed by atoms with van der Waals surface area (Å²) in [7, 11) is 0. The topological polar surface area (TPSA) is 44.0 Å². The Morgan fingerprint density at radius 2 is 2.21 bits per heavy atom. The monoisotopic (exact) mass is 207 g/mol. The molecule has 0 radical (unpaired) electrons. The van der Waals surface area contributed by atoms with Crippen LogP contribution in [-0.2, 0) is 12.2 Å². The van der Waals surface area contributed by atoms with Crippen molar-refractivity contribution < 1.29 is 5.11 Å². The molecule has 74 valence electrons. The molecular weight excluding hydrogens is 194 g/mol. The zero-order valence-electron chi connectivity index (χ0n) is 8.37. The SMILES string of the molecule is CCc1cc(C)c(O)c(CSC#N)c1. The summed E-state index contributed by atoms with van der Waals surface area (Å²) < 4.78 is 0. The van der Waals surface area contributed by atoms with Crippen molar-refractivity contribution in [3.05, 3.63) is 28.8 Å². The van der Waals surface area contributed by atoms with E-state index in [0.29, 0.717) is 11.5 Å². The zero-order valence-corrected chi connectivity index (χ0v) is 9.19. The number of nitrogens with zero attached hydrogens (tertiary/aromatic N) is 1. The maximum atomic E-state index is 9.72. The fraction of sp³-hybridized carbons (Fsp3) is 0.364. The Kier molecular flexibility index (Phi) is 3.84. The molecule has 0 aliphatic carbocycles. The van der Waals surface area contributed by atoms with E-state index in [0.717, 1.165) is 29.3 Å². The summed E-state index contributed by atoms with van der Waals surface area (Å²) in [5, 5.41) is 20.2. The summed E-state index contributed by atoms with van der Waals surface area (Å²) >= 11 is 1.15. The van der Waals surface area contributed by atoms with Crippen LogP contribution in [0.3, 0.4) is 0 Å². The van der Waals surface area contributed by atoms with Crippen molar-refractivity contribution in [3.63, 3.8) is 0 Å². The quantitative estimate of drug-likeness (QED) is 0.775. The van der Waals surface area contributed by atoms with Crippen molar-refractivity contribution in [2.75, 3.05) is 0 Å². The third kappa shape index (κ3) is 2.43. The second-order valence-corrected chi connectivity index (χ2v) is 3.91. The summed E-state index contributed by atoms with van der Waals surface area (Å²) in [4.78, 5) is 0. The van der Waals surface area contributed by atoms with Gasteiger partial charge in [0.25, 0.3) is 0 Å². The molecule has 0 saturated heterocycles. The molecule has 14 heavy (non-hydrogen) atoms. The van der Waals surface area contributed by atoms with Crippen molar-refractivity contribution in [1.82, 2.24) is 0 Å². The van der Waals surface area contributed by atoms with Gasteiger partial charge in [0.1, 0.15) is 11.2 Å². The van der Waals surface area contributed by atoms with Gasteiger partial charge in [0, 0.05) is 11.3 Å². The average molecular weight is 207 g/mol. The molecule has 0 bridgehead atoms. The predicted molar refractivity (Wildman–Crippen MR) is 59.1 cm³/mol. The van der Waals surface area contributed by atoms with Crippen molar-refractivity contribution in [3.8, 4) is 11.2 Å². The number of phenolic OH excluding ortho intramolecular Hbond substituents is 1. The number of hydrogen-bond acceptors (Lipinski definition) is 3. The largest absolute Gasteiger partial charge is 0.507 e. The van der Waals surface area contributed by atoms with Crippen molar-refractivity contribution >= 4 is 11.8 Å². The maximum Gasteiger partial charge on any atom is 0.133 e. The minimum atomic E-state index is 0.324. The lowest BCUT2D eigenvalue weighted by Gasteiger charge is -2.08. The van der Waals surface area contributed by atoms with E-state index < -0.39 is 0 Å². The van der Waals surface area contributed by atoms with Gasteiger partial charge in [0.05, 0.1) is 0 Å². The van der Waals surface area contributed by atoms with E-state index in [1.54, 1.807) is 0 Å². The second kappa shape index (κ2) is 4.92. The molecule has 2 nitrogen and oxygen atoms in total. The lowest BCUT2D eigenvalue weighted by atomic mass is 10.0. The van der Waals surface area contributed by atoms with Gasteiger partial charge in [-0.3, -0.25) is 0 Å². The van der Waals surface area contributed by atoms with Crippen LogP contribution in [-0.4, -0.2) is 5.11 Å². The van der Waals surface area contributed by atoms with Crippen LogP contribution in [0.1, 0.15) is 23.6 Å². The van der Waals surface area contributed by atoms with E-state index in [-0.39, 0.29) is 0 Å². The third-order valence-corrected chi connectivity index (χ3v) is 2.72. The van der Waals surface area contributed by atoms with E-state index >= 15 is 0 Å². The molecule has 0 saturated carbocycles. The highest BCUT2D eigenvalue weighted by molar-refractivity contribution is 8.02. The van der Waals surface area contributed by atoms with Gasteiger partial charge in [0.15, 0.2) is 0 Å². The molecule has 3 heteroatoms. The first kappa shape index (κ1) is 10.9. The van der Waals surface area contributed by atoms with Gasteiger partial charge in [-0.15, -0.1) is 0 Å². The average Bonchev–Trinajstić information content (AvgIpc) is 2.20. The van der Waals surface area contributed by atoms with Crippen LogP contribution >= 0.6 is 11.8 Å². The number of hydrogen-bond donors (Lipinski definition) is 1. The van der Waals surface area contributed by atoms with E-state index in [9.17, 15) is 5.11 Å². The van der Waals surface area contributed by atoms with Crippen LogP contribution in [0.15, 0.2) is 12.1 Å². The normalized spacial score (nSPS) is 9.79. The fourth-order valence-corrected chi connectivity index (χ4v) is 1.80. The van der Waals surface area contributed by atoms with Crippen molar-refractivity contribution in [1.29, 1.82) is 5.26 Å². The molecule has 0 aromatic heterocycles. The predicted octanol–water partition coefficient (Wildman–Crippen LogP) is 2.98. The van der Waals surface area contributed by atoms with E-state index in [1.165, 1.54) is 5.56 Å². The Hall–Kier alpha value is -1.14. The van der Waals surface area contributed by atoms with Crippen LogP contribution in [0.2, 0.25) is 0 Å². The molecule has 0 aliphatic heterocycles. The molecule has 0 aliphatic rings. The van der Waals surface area contributed by atoms with E-state index in [1.807, 2.05) is 24.5 Å². The van der Waals surface area contributed by atoms with Crippen molar-refractivity contribution in [2.24, 2.45) is 0 Å². The van der Waals surface area contributed by atoms with Crippen molar-refractivity contribution in [2.45, 2.75) is 26.0 Å². The highest BCUT2D eigenvalue weighted by Crippen LogP contribution is 2.27. The first-order valence-electron chi connectivity index (χ1n) is 4.51. The Morgan fingerprint density at radius 3 is 2.79 bits per heavy atom. The molecule has 1 rings (SSSR count). The van der Waals surface area contributed by atoms with Crippen LogP contribution < -0.4 is 0 Å². The Morgan fingerprint density at radius 1 is 1.50 bits per heavy atom. The minimum Gasteiger partial charge on any atom is -0.507 e. The van der Waals surface area contributed by atoms with Crippen LogP contribution in [0.4, 0.5) is 0 Å². The molecule has 1 aromatic rings. The molecule has 0 unspecified atom stereocenters. The summed E-state index contributed by atoms with van der Waals surface area (Å²) in [6.07, 6.45) is 0.950. The maximum absolute atomic E-state index is 9.72. The summed E-state index contributed by atoms with van der Waals surface area (Å²) in [6.45, 7) is 3.96. The number of aryl methyl sites for hydroxylation is 2. The van der Waals surface area contributed by atoms with E-state index in [4.69, 9.17) is 5.26 Å². The Labute approximate surface area is 88.6 Å². The molecule has 0 atom stereocenters. The Bertz CT molecular complexity index is 368. The number of phenols is 1. The van der Waals surface area contributed by atoms with Gasteiger partial charge in [-0.1, -0.05) is 19.1 Å². The number of rotatable bonds is 3. The van der Waals surface area contributed by atoms with Gasteiger partial charge in [-0.2, -0.15) is 5.26 Å². The molecule has 0 amide bonds. The molecular formula is C11H13NOS. The lowest BCUT2D eigenvalue weighted by molar-refractivity contribution is 0.466. The number of aromatic hydroxyl groups is 1. The first-order valence-corrected chi connectivity index (χ1v) is 5.49. The number of thioether (sulfide) groups is 1. The molecule has 0 heterocycles. The zero-order chi connectivity index (χ0) is 10.6. The number of nitriles is 1. The van der Waals surface area contributed by atoms with Gasteiger partial charge in [-0.25, -0.2) is 0 Å². The van der Waals surface area contributed by atoms with E-state index in [2.05, 4.69) is 6.92 Å². The van der Waals surface area contributed by atoms with Gasteiger partial charge >= 0.3 is 0 Å².